The van der Waals surface area contributed by atoms with Crippen molar-refractivity contribution >= 4 is 40.9 Å². The van der Waals surface area contributed by atoms with E-state index in [-0.39, 0.29) is 11.6 Å². The normalized spacial score (nSPS) is 11.3. The number of nitrogens with one attached hydrogen (secondary N) is 1. The zero-order valence-corrected chi connectivity index (χ0v) is 13.0. The van der Waals surface area contributed by atoms with Crippen molar-refractivity contribution < 1.29 is 9.18 Å². The van der Waals surface area contributed by atoms with Gasteiger partial charge in [0.05, 0.1) is 5.03 Å². The number of hydrogen-bond acceptors (Lipinski definition) is 3. The first kappa shape index (κ1) is 15.9. The van der Waals surface area contributed by atoms with Gasteiger partial charge in [-0.2, -0.15) is 0 Å². The van der Waals surface area contributed by atoms with Crippen LogP contribution < -0.4 is 4.84 Å². The lowest BCUT2D eigenvalue weighted by Gasteiger charge is -2.05. The van der Waals surface area contributed by atoms with Crippen molar-refractivity contribution in [2.45, 2.75) is 4.90 Å². The maximum atomic E-state index is 12.8. The Balaban J connectivity index is 2.14. The number of carbonyl (C=O) groups is 1. The minimum absolute atomic E-state index is 0.264. The molecule has 0 bridgehead atoms. The summed E-state index contributed by atoms with van der Waals surface area (Å²) in [5.41, 5.74) is 0.387. The molecule has 2 rings (SSSR count). The van der Waals surface area contributed by atoms with Gasteiger partial charge in [0.25, 0.3) is 0 Å². The van der Waals surface area contributed by atoms with E-state index in [1.165, 1.54) is 42.1 Å². The predicted molar refractivity (Wildman–Crippen MR) is 85.1 cm³/mol. The Morgan fingerprint density at radius 1 is 1.10 bits per heavy atom. The molecule has 2 aromatic rings. The molecule has 0 saturated carbocycles. The molecule has 0 radical (unpaired) electrons. The highest BCUT2D eigenvalue weighted by Gasteiger charge is 2.07. The van der Waals surface area contributed by atoms with Crippen molar-refractivity contribution in [1.82, 2.24) is 4.84 Å². The van der Waals surface area contributed by atoms with Crippen LogP contribution in [0, 0.1) is 5.82 Å². The molecule has 0 aliphatic heterocycles. The van der Waals surface area contributed by atoms with E-state index in [0.717, 1.165) is 4.90 Å². The number of rotatable bonds is 5. The fourth-order valence-electron chi connectivity index (χ4n) is 1.52. The summed E-state index contributed by atoms with van der Waals surface area (Å²) in [6.45, 7) is 0. The number of halogens is 3. The Morgan fingerprint density at radius 2 is 1.71 bits per heavy atom. The van der Waals surface area contributed by atoms with Gasteiger partial charge >= 0.3 is 0 Å². The van der Waals surface area contributed by atoms with E-state index in [4.69, 9.17) is 23.4 Å². The van der Waals surface area contributed by atoms with Crippen molar-refractivity contribution in [3.63, 3.8) is 0 Å². The van der Waals surface area contributed by atoms with Gasteiger partial charge in [0, 0.05) is 33.3 Å². The Bertz CT molecular complexity index is 656. The Hall–Kier alpha value is -1.49. The summed E-state index contributed by atoms with van der Waals surface area (Å²) in [7, 11) is 0. The lowest BCUT2D eigenvalue weighted by atomic mass is 10.1. The zero-order valence-electron chi connectivity index (χ0n) is 10.6. The van der Waals surface area contributed by atoms with E-state index in [1.54, 1.807) is 12.1 Å². The van der Waals surface area contributed by atoms with Crippen LogP contribution in [0.5, 0.6) is 0 Å². The van der Waals surface area contributed by atoms with E-state index < -0.39 is 0 Å². The molecule has 21 heavy (non-hydrogen) atoms. The van der Waals surface area contributed by atoms with Crippen LogP contribution in [0.2, 0.25) is 5.02 Å². The average Bonchev–Trinajstić information content (AvgIpc) is 2.49. The monoisotopic (exact) mass is 341 g/mol. The molecule has 0 heterocycles. The summed E-state index contributed by atoms with van der Waals surface area (Å²) in [5.74, 6) is -0.652. The molecule has 1 N–H and O–H groups in total. The first-order valence-electron chi connectivity index (χ1n) is 5.90. The number of benzene rings is 2. The Morgan fingerprint density at radius 3 is 2.29 bits per heavy atom. The molecular weight excluding hydrogens is 332 g/mol. The molecule has 0 aliphatic rings. The van der Waals surface area contributed by atoms with Gasteiger partial charge in [-0.1, -0.05) is 23.4 Å². The van der Waals surface area contributed by atoms with Crippen LogP contribution in [0.25, 0.3) is 0 Å². The number of ketones is 1. The second kappa shape index (κ2) is 7.50. The van der Waals surface area contributed by atoms with Crippen molar-refractivity contribution in [3.8, 4) is 0 Å². The van der Waals surface area contributed by atoms with Gasteiger partial charge in [-0.25, -0.2) is 4.39 Å². The summed E-state index contributed by atoms with van der Waals surface area (Å²) < 4.78 is 12.8. The summed E-state index contributed by atoms with van der Waals surface area (Å²) in [6, 6.07) is 12.5. The topological polar surface area (TPSA) is 29.1 Å². The van der Waals surface area contributed by atoms with Gasteiger partial charge in [0.2, 0.25) is 0 Å². The summed E-state index contributed by atoms with van der Waals surface area (Å²) >= 11 is 12.7. The molecule has 0 aromatic heterocycles. The van der Waals surface area contributed by atoms with Crippen LogP contribution in [0.15, 0.2) is 64.5 Å². The van der Waals surface area contributed by atoms with E-state index in [0.29, 0.717) is 15.6 Å². The highest BCUT2D eigenvalue weighted by Crippen LogP contribution is 2.26. The molecule has 0 unspecified atom stereocenters. The lowest BCUT2D eigenvalue weighted by molar-refractivity contribution is 0.104. The highest BCUT2D eigenvalue weighted by atomic mass is 35.5. The third-order valence-electron chi connectivity index (χ3n) is 2.53. The number of hydrogen-bond donors (Lipinski definition) is 1. The molecule has 0 spiro atoms. The quantitative estimate of drug-likeness (QED) is 0.357. The number of allylic oxidation sites excluding steroid dienone is 1. The molecule has 6 heteroatoms. The highest BCUT2D eigenvalue weighted by molar-refractivity contribution is 8.03. The fraction of sp³-hybridized carbons (Fsp3) is 0. The molecule has 0 amide bonds. The van der Waals surface area contributed by atoms with E-state index in [9.17, 15) is 9.18 Å². The minimum atomic E-state index is -0.387. The third-order valence-corrected chi connectivity index (χ3v) is 4.04. The van der Waals surface area contributed by atoms with Gasteiger partial charge < -0.3 is 0 Å². The van der Waals surface area contributed by atoms with Gasteiger partial charge in [-0.3, -0.25) is 9.63 Å². The zero-order chi connectivity index (χ0) is 15.2. The molecule has 2 nitrogen and oxygen atoms in total. The molecule has 2 aromatic carbocycles. The van der Waals surface area contributed by atoms with Crippen LogP contribution in [-0.2, 0) is 0 Å². The summed E-state index contributed by atoms with van der Waals surface area (Å²) in [5, 5.41) is 1.10. The van der Waals surface area contributed by atoms with E-state index in [1.807, 2.05) is 12.1 Å². The first-order chi connectivity index (χ1) is 10.1. The second-order valence-corrected chi connectivity index (χ2v) is 5.77. The molecular formula is C15H10Cl2FNOS. The summed E-state index contributed by atoms with van der Waals surface area (Å²) in [6.07, 6.45) is 1.36. The van der Waals surface area contributed by atoms with Crippen molar-refractivity contribution in [3.05, 3.63) is 76.0 Å². The van der Waals surface area contributed by atoms with Gasteiger partial charge in [-0.05, 0) is 48.5 Å². The van der Waals surface area contributed by atoms with Crippen molar-refractivity contribution in [2.75, 3.05) is 0 Å². The number of carbonyl (C=O) groups excluding carboxylic acids is 1. The van der Waals surface area contributed by atoms with Gasteiger partial charge in [-0.15, -0.1) is 0 Å². The second-order valence-electron chi connectivity index (χ2n) is 4.03. The Labute approximate surface area is 136 Å². The van der Waals surface area contributed by atoms with Crippen molar-refractivity contribution in [1.29, 1.82) is 0 Å². The van der Waals surface area contributed by atoms with E-state index in [2.05, 4.69) is 4.84 Å². The molecule has 0 saturated heterocycles. The first-order valence-corrected chi connectivity index (χ1v) is 7.47. The van der Waals surface area contributed by atoms with Crippen LogP contribution in [0.3, 0.4) is 0 Å². The minimum Gasteiger partial charge on any atom is -0.292 e. The van der Waals surface area contributed by atoms with Crippen LogP contribution in [0.1, 0.15) is 10.4 Å². The number of thioether (sulfide) groups is 1. The molecule has 0 atom stereocenters. The Kier molecular flexibility index (Phi) is 5.67. The van der Waals surface area contributed by atoms with E-state index >= 15 is 0 Å². The molecule has 0 fully saturated rings. The van der Waals surface area contributed by atoms with Crippen LogP contribution in [-0.4, -0.2) is 5.78 Å². The van der Waals surface area contributed by atoms with Gasteiger partial charge in [0.15, 0.2) is 5.78 Å². The van der Waals surface area contributed by atoms with Crippen LogP contribution >= 0.6 is 35.1 Å². The van der Waals surface area contributed by atoms with Crippen molar-refractivity contribution in [2.24, 2.45) is 0 Å². The third kappa shape index (κ3) is 4.77. The van der Waals surface area contributed by atoms with Gasteiger partial charge in [0.1, 0.15) is 5.82 Å². The maximum absolute atomic E-state index is 12.8. The predicted octanol–water partition coefficient (Wildman–Crippen LogP) is 5.04. The molecule has 0 aliphatic carbocycles. The molecule has 108 valence electrons. The largest absolute Gasteiger partial charge is 0.292 e. The average molecular weight is 342 g/mol. The standard InChI is InChI=1S/C15H10Cl2FNOS/c16-11-3-7-13(8-4-11)21-15(19-17)9-14(20)10-1-5-12(18)6-2-10/h1-9,19H/b15-9+. The SMILES string of the molecule is O=C(/C=C(\NCl)Sc1ccc(Cl)cc1)c1ccc(F)cc1. The lowest BCUT2D eigenvalue weighted by Crippen LogP contribution is -2.01. The smallest absolute Gasteiger partial charge is 0.188 e. The fourth-order valence-corrected chi connectivity index (χ4v) is 2.55. The maximum Gasteiger partial charge on any atom is 0.188 e. The summed E-state index contributed by atoms with van der Waals surface area (Å²) in [4.78, 5) is 15.4. The van der Waals surface area contributed by atoms with Crippen LogP contribution in [0.4, 0.5) is 4.39 Å².